The molecule has 0 spiro atoms. The quantitative estimate of drug-likeness (QED) is 0.930. The van der Waals surface area contributed by atoms with E-state index in [1.54, 1.807) is 25.1 Å². The van der Waals surface area contributed by atoms with Gasteiger partial charge in [0.15, 0.2) is 0 Å². The Morgan fingerprint density at radius 1 is 1.26 bits per heavy atom. The van der Waals surface area contributed by atoms with E-state index in [2.05, 4.69) is 4.98 Å². The summed E-state index contributed by atoms with van der Waals surface area (Å²) in [4.78, 5) is 3.74. The smallest absolute Gasteiger partial charge is 0.141 e. The van der Waals surface area contributed by atoms with Crippen LogP contribution in [0.1, 0.15) is 18.1 Å². The summed E-state index contributed by atoms with van der Waals surface area (Å²) < 4.78 is 13.2. The molecule has 0 fully saturated rings. The van der Waals surface area contributed by atoms with E-state index < -0.39 is 11.4 Å². The Labute approximate surface area is 120 Å². The third-order valence-electron chi connectivity index (χ3n) is 2.88. The Hall–Kier alpha value is -1.16. The van der Waals surface area contributed by atoms with Gasteiger partial charge in [0.2, 0.25) is 0 Å². The van der Waals surface area contributed by atoms with Gasteiger partial charge in [0.25, 0.3) is 0 Å². The van der Waals surface area contributed by atoms with Crippen molar-refractivity contribution in [3.05, 3.63) is 63.6 Å². The second-order valence-electron chi connectivity index (χ2n) is 4.58. The predicted octanol–water partition coefficient (Wildman–Crippen LogP) is 3.98. The Morgan fingerprint density at radius 2 is 2.00 bits per heavy atom. The molecule has 0 saturated carbocycles. The topological polar surface area (TPSA) is 33.1 Å². The van der Waals surface area contributed by atoms with E-state index in [0.29, 0.717) is 15.6 Å². The highest BCUT2D eigenvalue weighted by Gasteiger charge is 2.25. The fraction of sp³-hybridized carbons (Fsp3) is 0.214. The first-order chi connectivity index (χ1) is 8.88. The molecule has 1 atom stereocenters. The van der Waals surface area contributed by atoms with Crippen molar-refractivity contribution in [1.82, 2.24) is 4.98 Å². The molecule has 1 aromatic heterocycles. The summed E-state index contributed by atoms with van der Waals surface area (Å²) in [6, 6.07) is 6.31. The zero-order valence-corrected chi connectivity index (χ0v) is 11.7. The van der Waals surface area contributed by atoms with Gasteiger partial charge in [0.1, 0.15) is 5.82 Å². The van der Waals surface area contributed by atoms with Crippen LogP contribution in [0.25, 0.3) is 0 Å². The summed E-state index contributed by atoms with van der Waals surface area (Å²) >= 11 is 11.9. The van der Waals surface area contributed by atoms with Crippen molar-refractivity contribution in [1.29, 1.82) is 0 Å². The second-order valence-corrected chi connectivity index (χ2v) is 5.42. The zero-order chi connectivity index (χ0) is 14.0. The average molecular weight is 300 g/mol. The lowest BCUT2D eigenvalue weighted by molar-refractivity contribution is 0.0569. The Morgan fingerprint density at radius 3 is 2.63 bits per heavy atom. The van der Waals surface area contributed by atoms with Gasteiger partial charge in [-0.25, -0.2) is 4.39 Å². The summed E-state index contributed by atoms with van der Waals surface area (Å²) in [6.07, 6.45) is 2.77. The molecule has 0 saturated heterocycles. The predicted molar refractivity (Wildman–Crippen MR) is 73.9 cm³/mol. The van der Waals surface area contributed by atoms with Gasteiger partial charge in [-0.2, -0.15) is 0 Å². The molecular weight excluding hydrogens is 288 g/mol. The van der Waals surface area contributed by atoms with E-state index in [-0.39, 0.29) is 6.42 Å². The summed E-state index contributed by atoms with van der Waals surface area (Å²) in [6.45, 7) is 1.59. The molecule has 1 unspecified atom stereocenters. The SMILES string of the molecule is CC(O)(Cc1ccc(Cl)cc1Cl)c1cncc(F)c1. The second kappa shape index (κ2) is 5.45. The van der Waals surface area contributed by atoms with E-state index in [0.717, 1.165) is 11.8 Å². The van der Waals surface area contributed by atoms with Gasteiger partial charge >= 0.3 is 0 Å². The molecular formula is C14H12Cl2FNO. The van der Waals surface area contributed by atoms with Crippen molar-refractivity contribution in [3.63, 3.8) is 0 Å². The first-order valence-electron chi connectivity index (χ1n) is 5.66. The van der Waals surface area contributed by atoms with Crippen LogP contribution < -0.4 is 0 Å². The van der Waals surface area contributed by atoms with Crippen molar-refractivity contribution >= 4 is 23.2 Å². The minimum atomic E-state index is -1.26. The Balaban J connectivity index is 2.30. The number of pyridine rings is 1. The molecule has 19 heavy (non-hydrogen) atoms. The third kappa shape index (κ3) is 3.44. The lowest BCUT2D eigenvalue weighted by Crippen LogP contribution is -2.24. The normalized spacial score (nSPS) is 14.2. The van der Waals surface area contributed by atoms with E-state index in [1.807, 2.05) is 0 Å². The monoisotopic (exact) mass is 299 g/mol. The van der Waals surface area contributed by atoms with Gasteiger partial charge in [0, 0.05) is 28.2 Å². The highest BCUT2D eigenvalue weighted by Crippen LogP contribution is 2.29. The van der Waals surface area contributed by atoms with Gasteiger partial charge in [-0.15, -0.1) is 0 Å². The highest BCUT2D eigenvalue weighted by molar-refractivity contribution is 6.35. The van der Waals surface area contributed by atoms with E-state index in [1.165, 1.54) is 12.3 Å². The maximum Gasteiger partial charge on any atom is 0.141 e. The molecule has 1 heterocycles. The lowest BCUT2D eigenvalue weighted by Gasteiger charge is -2.24. The van der Waals surface area contributed by atoms with Gasteiger partial charge < -0.3 is 5.11 Å². The van der Waals surface area contributed by atoms with Crippen LogP contribution >= 0.6 is 23.2 Å². The van der Waals surface area contributed by atoms with Crippen LogP contribution in [-0.4, -0.2) is 10.1 Å². The molecule has 0 aliphatic heterocycles. The van der Waals surface area contributed by atoms with Crippen molar-refractivity contribution in [3.8, 4) is 0 Å². The number of aliphatic hydroxyl groups is 1. The molecule has 0 amide bonds. The molecule has 2 nitrogen and oxygen atoms in total. The third-order valence-corrected chi connectivity index (χ3v) is 3.46. The average Bonchev–Trinajstić information content (AvgIpc) is 2.33. The summed E-state index contributed by atoms with van der Waals surface area (Å²) in [5.74, 6) is -0.486. The van der Waals surface area contributed by atoms with Crippen LogP contribution in [-0.2, 0) is 12.0 Å². The summed E-state index contributed by atoms with van der Waals surface area (Å²) in [7, 11) is 0. The standard InChI is InChI=1S/C14H12Cl2FNO/c1-14(19,10-4-12(17)8-18-7-10)6-9-2-3-11(15)5-13(9)16/h2-5,7-8,19H,6H2,1H3. The summed E-state index contributed by atoms with van der Waals surface area (Å²) in [5.41, 5.74) is -0.120. The van der Waals surface area contributed by atoms with Gasteiger partial charge in [-0.3, -0.25) is 4.98 Å². The van der Waals surface area contributed by atoms with Gasteiger partial charge in [-0.05, 0) is 30.7 Å². The first kappa shape index (κ1) is 14.3. The van der Waals surface area contributed by atoms with Gasteiger partial charge in [0.05, 0.1) is 11.8 Å². The first-order valence-corrected chi connectivity index (χ1v) is 6.41. The molecule has 0 aliphatic rings. The summed E-state index contributed by atoms with van der Waals surface area (Å²) in [5, 5.41) is 11.5. The number of hydrogen-bond donors (Lipinski definition) is 1. The highest BCUT2D eigenvalue weighted by atomic mass is 35.5. The fourth-order valence-corrected chi connectivity index (χ4v) is 2.32. The molecule has 100 valence electrons. The van der Waals surface area contributed by atoms with Crippen LogP contribution in [0.2, 0.25) is 10.0 Å². The van der Waals surface area contributed by atoms with Crippen LogP contribution in [0.15, 0.2) is 36.7 Å². The largest absolute Gasteiger partial charge is 0.385 e. The molecule has 5 heteroatoms. The molecule has 0 radical (unpaired) electrons. The van der Waals surface area contributed by atoms with Crippen molar-refractivity contribution in [2.24, 2.45) is 0 Å². The Kier molecular flexibility index (Phi) is 4.09. The minimum absolute atomic E-state index is 0.244. The Bertz CT molecular complexity index is 602. The zero-order valence-electron chi connectivity index (χ0n) is 10.2. The molecule has 0 bridgehead atoms. The number of hydrogen-bond acceptors (Lipinski definition) is 2. The molecule has 1 N–H and O–H groups in total. The minimum Gasteiger partial charge on any atom is -0.385 e. The van der Waals surface area contributed by atoms with Crippen LogP contribution in [0.3, 0.4) is 0 Å². The van der Waals surface area contributed by atoms with Crippen molar-refractivity contribution in [2.75, 3.05) is 0 Å². The molecule has 1 aromatic carbocycles. The maximum absolute atomic E-state index is 13.2. The van der Waals surface area contributed by atoms with Crippen molar-refractivity contribution in [2.45, 2.75) is 18.9 Å². The van der Waals surface area contributed by atoms with Crippen LogP contribution in [0, 0.1) is 5.82 Å². The number of halogens is 3. The van der Waals surface area contributed by atoms with Gasteiger partial charge in [-0.1, -0.05) is 29.3 Å². The van der Waals surface area contributed by atoms with Crippen LogP contribution in [0.4, 0.5) is 4.39 Å². The number of aromatic nitrogens is 1. The van der Waals surface area contributed by atoms with E-state index in [9.17, 15) is 9.50 Å². The van der Waals surface area contributed by atoms with E-state index >= 15 is 0 Å². The van der Waals surface area contributed by atoms with E-state index in [4.69, 9.17) is 23.2 Å². The number of rotatable bonds is 3. The molecule has 2 rings (SSSR count). The van der Waals surface area contributed by atoms with Crippen molar-refractivity contribution < 1.29 is 9.50 Å². The number of nitrogens with zero attached hydrogens (tertiary/aromatic N) is 1. The molecule has 0 aliphatic carbocycles. The fourth-order valence-electron chi connectivity index (χ4n) is 1.84. The lowest BCUT2D eigenvalue weighted by atomic mass is 9.90. The van der Waals surface area contributed by atoms with Crippen LogP contribution in [0.5, 0.6) is 0 Å². The number of benzene rings is 1. The molecule has 2 aromatic rings. The maximum atomic E-state index is 13.2.